The molecule has 2 heterocycles. The smallest absolute Gasteiger partial charge is 0.174 e. The molecule has 0 saturated heterocycles. The molecule has 34 heavy (non-hydrogen) atoms. The number of hydroxylamine groups is 1. The quantitative estimate of drug-likeness (QED) is 0.521. The second-order valence-electron chi connectivity index (χ2n) is 9.20. The molecule has 3 aliphatic rings. The third-order valence-electron chi connectivity index (χ3n) is 6.90. The number of thiophene rings is 1. The molecule has 178 valence electrons. The van der Waals surface area contributed by atoms with Crippen LogP contribution in [0, 0.1) is 11.8 Å². The SMILES string of the molecule is COc1ccc(C2(C#Cc3ccsc3N3C=NC(C)O3)CCC(=O)CC2)cc1OC1CCCC1. The number of carbonyl (C=O) groups excluding carboxylic acids is 1. The highest BCUT2D eigenvalue weighted by molar-refractivity contribution is 7.14. The number of anilines is 1. The minimum Gasteiger partial charge on any atom is -0.493 e. The lowest BCUT2D eigenvalue weighted by atomic mass is 9.69. The van der Waals surface area contributed by atoms with Gasteiger partial charge in [-0.15, -0.1) is 11.3 Å². The van der Waals surface area contributed by atoms with Crippen molar-refractivity contribution >= 4 is 28.5 Å². The van der Waals surface area contributed by atoms with Crippen LogP contribution < -0.4 is 14.5 Å². The summed E-state index contributed by atoms with van der Waals surface area (Å²) in [4.78, 5) is 22.2. The zero-order valence-electron chi connectivity index (χ0n) is 19.7. The van der Waals surface area contributed by atoms with Crippen molar-refractivity contribution in [3.63, 3.8) is 0 Å². The van der Waals surface area contributed by atoms with Gasteiger partial charge in [0.25, 0.3) is 0 Å². The number of nitrogens with zero attached hydrogens (tertiary/aromatic N) is 2. The van der Waals surface area contributed by atoms with Crippen LogP contribution >= 0.6 is 11.3 Å². The van der Waals surface area contributed by atoms with Gasteiger partial charge in [0, 0.05) is 12.8 Å². The Kier molecular flexibility index (Phi) is 6.62. The van der Waals surface area contributed by atoms with Crippen LogP contribution in [0.3, 0.4) is 0 Å². The minimum atomic E-state index is -0.416. The molecular formula is C27H30N2O4S. The number of rotatable bonds is 5. The third-order valence-corrected chi connectivity index (χ3v) is 7.80. The van der Waals surface area contributed by atoms with E-state index < -0.39 is 5.41 Å². The van der Waals surface area contributed by atoms with Gasteiger partial charge in [0.2, 0.25) is 0 Å². The molecule has 5 rings (SSSR count). The molecule has 1 atom stereocenters. The highest BCUT2D eigenvalue weighted by Gasteiger charge is 2.36. The zero-order chi connectivity index (χ0) is 23.5. The van der Waals surface area contributed by atoms with Crippen molar-refractivity contribution in [2.24, 2.45) is 4.99 Å². The number of ketones is 1. The topological polar surface area (TPSA) is 60.4 Å². The molecule has 2 saturated carbocycles. The Hall–Kier alpha value is -2.82. The van der Waals surface area contributed by atoms with E-state index in [0.717, 1.165) is 40.5 Å². The van der Waals surface area contributed by atoms with Gasteiger partial charge < -0.3 is 9.47 Å². The summed E-state index contributed by atoms with van der Waals surface area (Å²) in [6.45, 7) is 1.90. The third kappa shape index (κ3) is 4.70. The van der Waals surface area contributed by atoms with Gasteiger partial charge in [-0.25, -0.2) is 9.83 Å². The van der Waals surface area contributed by atoms with Crippen molar-refractivity contribution in [3.05, 3.63) is 40.8 Å². The lowest BCUT2D eigenvalue weighted by Gasteiger charge is -2.33. The first-order valence-corrected chi connectivity index (χ1v) is 12.9. The predicted octanol–water partition coefficient (Wildman–Crippen LogP) is 5.64. The normalized spacial score (nSPS) is 22.0. The minimum absolute atomic E-state index is 0.198. The van der Waals surface area contributed by atoms with Crippen LogP contribution in [0.4, 0.5) is 5.00 Å². The van der Waals surface area contributed by atoms with Gasteiger partial charge in [-0.1, -0.05) is 17.9 Å². The summed E-state index contributed by atoms with van der Waals surface area (Å²) >= 11 is 1.57. The van der Waals surface area contributed by atoms with Crippen molar-refractivity contribution in [3.8, 4) is 23.3 Å². The van der Waals surface area contributed by atoms with Gasteiger partial charge in [0.05, 0.1) is 24.2 Å². The van der Waals surface area contributed by atoms with E-state index in [0.29, 0.717) is 31.5 Å². The Morgan fingerprint density at radius 1 is 1.18 bits per heavy atom. The Morgan fingerprint density at radius 3 is 2.68 bits per heavy atom. The number of methoxy groups -OCH3 is 1. The molecule has 1 unspecified atom stereocenters. The van der Waals surface area contributed by atoms with Crippen LogP contribution in [0.2, 0.25) is 0 Å². The van der Waals surface area contributed by atoms with E-state index in [4.69, 9.17) is 14.3 Å². The van der Waals surface area contributed by atoms with Crippen molar-refractivity contribution < 1.29 is 19.1 Å². The molecule has 2 aliphatic carbocycles. The first-order chi connectivity index (χ1) is 16.6. The number of Topliss-reactive ketones (excluding diaryl/α,β-unsaturated/α-hetero) is 1. The highest BCUT2D eigenvalue weighted by Crippen LogP contribution is 2.42. The van der Waals surface area contributed by atoms with Gasteiger partial charge in [0.15, 0.2) is 17.7 Å². The monoisotopic (exact) mass is 478 g/mol. The maximum atomic E-state index is 12.1. The van der Waals surface area contributed by atoms with Crippen molar-refractivity contribution in [2.45, 2.75) is 76.0 Å². The van der Waals surface area contributed by atoms with Crippen LogP contribution in [-0.4, -0.2) is 31.6 Å². The van der Waals surface area contributed by atoms with E-state index in [1.54, 1.807) is 29.8 Å². The van der Waals surface area contributed by atoms with E-state index in [1.807, 2.05) is 24.4 Å². The van der Waals surface area contributed by atoms with Gasteiger partial charge in [-0.05, 0) is 74.6 Å². The van der Waals surface area contributed by atoms with Gasteiger partial charge in [-0.2, -0.15) is 5.06 Å². The van der Waals surface area contributed by atoms with Crippen molar-refractivity contribution in [1.29, 1.82) is 0 Å². The molecule has 0 N–H and O–H groups in total. The molecule has 0 spiro atoms. The summed E-state index contributed by atoms with van der Waals surface area (Å²) in [5.41, 5.74) is 1.57. The fraction of sp³-hybridized carbons (Fsp3) is 0.481. The average Bonchev–Trinajstić information content (AvgIpc) is 3.61. The van der Waals surface area contributed by atoms with E-state index in [2.05, 4.69) is 29.0 Å². The summed E-state index contributed by atoms with van der Waals surface area (Å²) in [6.07, 6.45) is 8.78. The van der Waals surface area contributed by atoms with E-state index in [1.165, 1.54) is 12.8 Å². The molecule has 0 bridgehead atoms. The van der Waals surface area contributed by atoms with Crippen LogP contribution in [0.5, 0.6) is 11.5 Å². The zero-order valence-corrected chi connectivity index (χ0v) is 20.5. The van der Waals surface area contributed by atoms with E-state index >= 15 is 0 Å². The van der Waals surface area contributed by atoms with Gasteiger partial charge in [0.1, 0.15) is 17.1 Å². The molecule has 0 radical (unpaired) electrons. The second-order valence-corrected chi connectivity index (χ2v) is 10.1. The molecule has 2 fully saturated rings. The molecule has 2 aromatic rings. The van der Waals surface area contributed by atoms with Crippen LogP contribution in [-0.2, 0) is 15.0 Å². The van der Waals surface area contributed by atoms with Crippen LogP contribution in [0.25, 0.3) is 0 Å². The van der Waals surface area contributed by atoms with E-state index in [-0.39, 0.29) is 12.3 Å². The summed E-state index contributed by atoms with van der Waals surface area (Å²) in [5.74, 6) is 8.83. The standard InChI is InChI=1S/C27H30N2O4S/c1-19-28-18-29(33-19)26-20(12-16-34-26)9-13-27(14-10-22(30)11-15-27)21-7-8-24(31-2)25(17-21)32-23-5-3-4-6-23/h7-8,12,16-19,23H,3-6,10-11,14-15H2,1-2H3. The number of aliphatic imine (C=N–C) groups is 1. The summed E-state index contributed by atoms with van der Waals surface area (Å²) in [5, 5.41) is 4.62. The van der Waals surface area contributed by atoms with Crippen molar-refractivity contribution in [1.82, 2.24) is 0 Å². The number of hydrogen-bond acceptors (Lipinski definition) is 7. The second kappa shape index (κ2) is 9.81. The molecular weight excluding hydrogens is 448 g/mol. The molecule has 1 aromatic carbocycles. The highest BCUT2D eigenvalue weighted by atomic mass is 32.1. The Bertz CT molecular complexity index is 1130. The van der Waals surface area contributed by atoms with Crippen LogP contribution in [0.1, 0.15) is 69.4 Å². The Morgan fingerprint density at radius 2 is 1.97 bits per heavy atom. The predicted molar refractivity (Wildman–Crippen MR) is 134 cm³/mol. The largest absolute Gasteiger partial charge is 0.493 e. The summed E-state index contributed by atoms with van der Waals surface area (Å²) < 4.78 is 12.0. The molecule has 6 nitrogen and oxygen atoms in total. The molecule has 1 aliphatic heterocycles. The summed E-state index contributed by atoms with van der Waals surface area (Å²) in [6, 6.07) is 8.16. The lowest BCUT2D eigenvalue weighted by molar-refractivity contribution is -0.120. The fourth-order valence-corrected chi connectivity index (χ4v) is 5.69. The molecule has 1 aromatic heterocycles. The molecule has 0 amide bonds. The average molecular weight is 479 g/mol. The maximum Gasteiger partial charge on any atom is 0.174 e. The first kappa shape index (κ1) is 22.9. The van der Waals surface area contributed by atoms with Crippen LogP contribution in [0.15, 0.2) is 34.6 Å². The number of hydrogen-bond donors (Lipinski definition) is 0. The number of ether oxygens (including phenoxy) is 2. The Balaban J connectivity index is 1.49. The fourth-order valence-electron chi connectivity index (χ4n) is 4.92. The maximum absolute atomic E-state index is 12.1. The Labute approximate surface area is 204 Å². The molecule has 7 heteroatoms. The van der Waals surface area contributed by atoms with Gasteiger partial charge in [-0.3, -0.25) is 4.79 Å². The first-order valence-electron chi connectivity index (χ1n) is 12.0. The van der Waals surface area contributed by atoms with E-state index in [9.17, 15) is 4.79 Å². The lowest BCUT2D eigenvalue weighted by Crippen LogP contribution is -2.30. The van der Waals surface area contributed by atoms with Gasteiger partial charge >= 0.3 is 0 Å². The number of carbonyl (C=O) groups is 1. The van der Waals surface area contributed by atoms with Crippen molar-refractivity contribution in [2.75, 3.05) is 12.2 Å². The summed E-state index contributed by atoms with van der Waals surface area (Å²) in [7, 11) is 1.67. The number of benzene rings is 1.